The van der Waals surface area contributed by atoms with E-state index in [0.717, 1.165) is 19.6 Å². The molecular weight excluding hydrogens is 208 g/mol. The molecule has 1 atom stereocenters. The summed E-state index contributed by atoms with van der Waals surface area (Å²) in [5.41, 5.74) is 0. The van der Waals surface area contributed by atoms with Crippen molar-refractivity contribution < 1.29 is 14.3 Å². The van der Waals surface area contributed by atoms with E-state index in [1.54, 1.807) is 4.90 Å². The number of ketones is 1. The summed E-state index contributed by atoms with van der Waals surface area (Å²) in [6.45, 7) is 6.77. The topological polar surface area (TPSA) is 49.9 Å². The summed E-state index contributed by atoms with van der Waals surface area (Å²) in [6, 6.07) is 0. The Labute approximate surface area is 95.3 Å². The summed E-state index contributed by atoms with van der Waals surface area (Å²) in [5.74, 6) is -0.597. The van der Waals surface area contributed by atoms with Gasteiger partial charge in [-0.15, -0.1) is 0 Å². The Morgan fingerprint density at radius 1 is 1.38 bits per heavy atom. The molecule has 2 rings (SSSR count). The third-order valence-corrected chi connectivity index (χ3v) is 3.23. The Morgan fingerprint density at radius 2 is 2.19 bits per heavy atom. The van der Waals surface area contributed by atoms with E-state index >= 15 is 0 Å². The number of morpholine rings is 1. The van der Waals surface area contributed by atoms with Crippen LogP contribution in [0.1, 0.15) is 13.3 Å². The number of carbonyl (C=O) groups is 2. The third kappa shape index (κ3) is 2.41. The average Bonchev–Trinajstić information content (AvgIpc) is 2.61. The number of nitrogens with zero attached hydrogens (tertiary/aromatic N) is 2. The second kappa shape index (κ2) is 4.93. The molecule has 0 aromatic heterocycles. The van der Waals surface area contributed by atoms with E-state index in [2.05, 4.69) is 11.8 Å². The van der Waals surface area contributed by atoms with Gasteiger partial charge in [0.05, 0.1) is 12.7 Å². The summed E-state index contributed by atoms with van der Waals surface area (Å²) in [7, 11) is 0. The fourth-order valence-corrected chi connectivity index (χ4v) is 2.22. The maximum Gasteiger partial charge on any atom is 0.290 e. The quantitative estimate of drug-likeness (QED) is 0.609. The van der Waals surface area contributed by atoms with Crippen LogP contribution in [0.25, 0.3) is 0 Å². The van der Waals surface area contributed by atoms with E-state index in [9.17, 15) is 9.59 Å². The minimum atomic E-state index is -0.336. The molecule has 2 heterocycles. The smallest absolute Gasteiger partial charge is 0.290 e. The van der Waals surface area contributed by atoms with E-state index in [0.29, 0.717) is 26.1 Å². The molecule has 90 valence electrons. The number of hydrogen-bond acceptors (Lipinski definition) is 4. The summed E-state index contributed by atoms with van der Waals surface area (Å²) in [6.07, 6.45) is 0.423. The molecule has 0 N–H and O–H groups in total. The highest BCUT2D eigenvalue weighted by Gasteiger charge is 2.32. The van der Waals surface area contributed by atoms with Crippen LogP contribution in [0, 0.1) is 0 Å². The average molecular weight is 226 g/mol. The highest BCUT2D eigenvalue weighted by molar-refractivity contribution is 6.37. The van der Waals surface area contributed by atoms with Crippen molar-refractivity contribution in [2.24, 2.45) is 0 Å². The maximum absolute atomic E-state index is 11.4. The zero-order chi connectivity index (χ0) is 11.5. The normalized spacial score (nSPS) is 27.8. The summed E-state index contributed by atoms with van der Waals surface area (Å²) < 4.78 is 5.61. The van der Waals surface area contributed by atoms with Crippen LogP contribution < -0.4 is 0 Å². The van der Waals surface area contributed by atoms with Crippen LogP contribution in [-0.2, 0) is 14.3 Å². The first-order chi connectivity index (χ1) is 7.70. The van der Waals surface area contributed by atoms with Gasteiger partial charge in [0.2, 0.25) is 5.78 Å². The number of ether oxygens (including phenoxy) is 1. The molecule has 1 amide bonds. The number of amides is 1. The van der Waals surface area contributed by atoms with Gasteiger partial charge in [0.1, 0.15) is 0 Å². The van der Waals surface area contributed by atoms with Crippen molar-refractivity contribution >= 4 is 11.7 Å². The molecule has 2 saturated heterocycles. The molecule has 0 aromatic rings. The first-order valence-electron chi connectivity index (χ1n) is 5.86. The molecule has 0 aliphatic carbocycles. The van der Waals surface area contributed by atoms with Gasteiger partial charge < -0.3 is 9.64 Å². The van der Waals surface area contributed by atoms with Crippen LogP contribution in [0.15, 0.2) is 0 Å². The van der Waals surface area contributed by atoms with Gasteiger partial charge in [-0.2, -0.15) is 0 Å². The lowest BCUT2D eigenvalue weighted by atomic mass is 10.2. The first kappa shape index (κ1) is 11.5. The molecule has 0 spiro atoms. The van der Waals surface area contributed by atoms with Gasteiger partial charge in [-0.3, -0.25) is 14.5 Å². The minimum absolute atomic E-state index is 0.0588. The van der Waals surface area contributed by atoms with E-state index in [-0.39, 0.29) is 17.8 Å². The number of Topliss-reactive ketones (excluding diaryl/α,β-unsaturated/α-hetero) is 1. The van der Waals surface area contributed by atoms with Crippen LogP contribution in [0.2, 0.25) is 0 Å². The van der Waals surface area contributed by atoms with Crippen LogP contribution in [-0.4, -0.2) is 66.9 Å². The van der Waals surface area contributed by atoms with Crippen molar-refractivity contribution in [1.29, 1.82) is 0 Å². The van der Waals surface area contributed by atoms with Crippen molar-refractivity contribution in [3.05, 3.63) is 0 Å². The molecule has 5 nitrogen and oxygen atoms in total. The molecule has 0 radical (unpaired) electrons. The van der Waals surface area contributed by atoms with Crippen LogP contribution in [0.3, 0.4) is 0 Å². The zero-order valence-electron chi connectivity index (χ0n) is 9.65. The number of carbonyl (C=O) groups excluding carboxylic acids is 2. The molecule has 16 heavy (non-hydrogen) atoms. The Balaban J connectivity index is 1.85. The molecule has 5 heteroatoms. The lowest BCUT2D eigenvalue weighted by molar-refractivity contribution is -0.141. The molecule has 2 fully saturated rings. The summed E-state index contributed by atoms with van der Waals surface area (Å²) in [4.78, 5) is 26.5. The Kier molecular flexibility index (Phi) is 3.56. The van der Waals surface area contributed by atoms with Gasteiger partial charge >= 0.3 is 0 Å². The van der Waals surface area contributed by atoms with Crippen molar-refractivity contribution in [2.75, 3.05) is 39.3 Å². The molecule has 0 aromatic carbocycles. The first-order valence-corrected chi connectivity index (χ1v) is 5.86. The third-order valence-electron chi connectivity index (χ3n) is 3.23. The molecule has 1 unspecified atom stereocenters. The molecular formula is C11H18N2O3. The maximum atomic E-state index is 11.4. The highest BCUT2D eigenvalue weighted by atomic mass is 16.5. The standard InChI is InChI=1S/C11H18N2O3/c1-2-12-5-6-16-9(7-12)8-13-4-3-10(14)11(13)15/h9H,2-8H2,1H3. The fraction of sp³-hybridized carbons (Fsp3) is 0.818. The van der Waals surface area contributed by atoms with E-state index in [1.807, 2.05) is 0 Å². The molecule has 2 aliphatic heterocycles. The number of likely N-dealkylation sites (tertiary alicyclic amines) is 1. The van der Waals surface area contributed by atoms with Gasteiger partial charge in [0, 0.05) is 32.6 Å². The van der Waals surface area contributed by atoms with Crippen LogP contribution >= 0.6 is 0 Å². The van der Waals surface area contributed by atoms with Gasteiger partial charge in [-0.1, -0.05) is 6.92 Å². The van der Waals surface area contributed by atoms with E-state index < -0.39 is 0 Å². The Hall–Kier alpha value is -0.940. The number of hydrogen-bond donors (Lipinski definition) is 0. The predicted octanol–water partition coefficient (Wildman–Crippen LogP) is -0.491. The molecule has 0 bridgehead atoms. The predicted molar refractivity (Wildman–Crippen MR) is 58.1 cm³/mol. The second-order valence-corrected chi connectivity index (χ2v) is 4.31. The van der Waals surface area contributed by atoms with Gasteiger partial charge in [-0.05, 0) is 6.54 Å². The van der Waals surface area contributed by atoms with Crippen molar-refractivity contribution in [1.82, 2.24) is 9.80 Å². The summed E-state index contributed by atoms with van der Waals surface area (Å²) in [5, 5.41) is 0. The fourth-order valence-electron chi connectivity index (χ4n) is 2.22. The largest absolute Gasteiger partial charge is 0.374 e. The van der Waals surface area contributed by atoms with Gasteiger partial charge in [0.15, 0.2) is 0 Å². The van der Waals surface area contributed by atoms with Crippen molar-refractivity contribution in [2.45, 2.75) is 19.4 Å². The highest BCUT2D eigenvalue weighted by Crippen LogP contribution is 2.11. The SMILES string of the molecule is CCN1CCOC(CN2CCC(=O)C2=O)C1. The minimum Gasteiger partial charge on any atom is -0.374 e. The summed E-state index contributed by atoms with van der Waals surface area (Å²) >= 11 is 0. The second-order valence-electron chi connectivity index (χ2n) is 4.31. The van der Waals surface area contributed by atoms with E-state index in [4.69, 9.17) is 4.74 Å². The van der Waals surface area contributed by atoms with Crippen LogP contribution in [0.4, 0.5) is 0 Å². The van der Waals surface area contributed by atoms with Crippen molar-refractivity contribution in [3.63, 3.8) is 0 Å². The molecule has 0 saturated carbocycles. The lowest BCUT2D eigenvalue weighted by Crippen LogP contribution is -2.47. The van der Waals surface area contributed by atoms with E-state index in [1.165, 1.54) is 0 Å². The Bertz CT molecular complexity index is 293. The van der Waals surface area contributed by atoms with Crippen LogP contribution in [0.5, 0.6) is 0 Å². The van der Waals surface area contributed by atoms with Gasteiger partial charge in [-0.25, -0.2) is 0 Å². The molecule has 2 aliphatic rings. The monoisotopic (exact) mass is 226 g/mol. The number of rotatable bonds is 3. The zero-order valence-corrected chi connectivity index (χ0v) is 9.65. The number of likely N-dealkylation sites (N-methyl/N-ethyl adjacent to an activating group) is 1. The Morgan fingerprint density at radius 3 is 2.81 bits per heavy atom. The van der Waals surface area contributed by atoms with Crippen molar-refractivity contribution in [3.8, 4) is 0 Å². The van der Waals surface area contributed by atoms with Gasteiger partial charge in [0.25, 0.3) is 5.91 Å². The lowest BCUT2D eigenvalue weighted by Gasteiger charge is -2.33.